The Hall–Kier alpha value is -0.0800. The smallest absolute Gasteiger partial charge is 0.101 e. The van der Waals surface area contributed by atoms with Crippen molar-refractivity contribution in [3.05, 3.63) is 0 Å². The maximum atomic E-state index is 8.60. The van der Waals surface area contributed by atoms with Crippen LogP contribution in [0.25, 0.3) is 0 Å². The van der Waals surface area contributed by atoms with Crippen LogP contribution in [0.4, 0.5) is 0 Å². The Morgan fingerprint density at radius 2 is 1.78 bits per heavy atom. The summed E-state index contributed by atoms with van der Waals surface area (Å²) in [6, 6.07) is 0. The van der Waals surface area contributed by atoms with Gasteiger partial charge in [0.05, 0.1) is 19.7 Å². The van der Waals surface area contributed by atoms with E-state index < -0.39 is 0 Å². The molecule has 2 N–H and O–H groups in total. The van der Waals surface area contributed by atoms with Crippen LogP contribution < -0.4 is 4.90 Å². The van der Waals surface area contributed by atoms with E-state index in [1.807, 2.05) is 0 Å². The summed E-state index contributed by atoms with van der Waals surface area (Å²) in [5.41, 5.74) is 0. The molecule has 0 radical (unpaired) electrons. The summed E-state index contributed by atoms with van der Waals surface area (Å²) in [5, 5.41) is 8.60. The monoisotopic (exact) mass is 130 g/mol. The van der Waals surface area contributed by atoms with Crippen LogP contribution in [-0.2, 0) is 0 Å². The maximum Gasteiger partial charge on any atom is 0.101 e. The number of nitrogens with one attached hydrogen (secondary N) is 1. The molecule has 1 aliphatic heterocycles. The number of likely N-dealkylation sites (tertiary alicyclic amines) is 1. The normalized spacial score (nSPS) is 22.3. The highest BCUT2D eigenvalue weighted by atomic mass is 16.3. The standard InChI is InChI=1S/C7H15NO/c9-7-6-8-4-2-1-3-5-8/h9H,1-7H2/p+1. The van der Waals surface area contributed by atoms with Crippen LogP contribution in [-0.4, -0.2) is 31.3 Å². The zero-order chi connectivity index (χ0) is 6.53. The molecule has 54 valence electrons. The van der Waals surface area contributed by atoms with Crippen molar-refractivity contribution in [2.75, 3.05) is 26.2 Å². The molecule has 1 aliphatic rings. The Kier molecular flexibility index (Phi) is 3.01. The molecule has 0 unspecified atom stereocenters. The van der Waals surface area contributed by atoms with Gasteiger partial charge in [-0.1, -0.05) is 0 Å². The van der Waals surface area contributed by atoms with E-state index in [-0.39, 0.29) is 0 Å². The molecule has 1 heterocycles. The molecule has 0 amide bonds. The van der Waals surface area contributed by atoms with Crippen LogP contribution in [0.3, 0.4) is 0 Å². The summed E-state index contributed by atoms with van der Waals surface area (Å²) < 4.78 is 0. The Balaban J connectivity index is 2.08. The Labute approximate surface area is 56.5 Å². The summed E-state index contributed by atoms with van der Waals surface area (Å²) in [6.07, 6.45) is 4.11. The fourth-order valence-electron chi connectivity index (χ4n) is 1.46. The molecule has 2 heteroatoms. The number of aliphatic hydroxyl groups is 1. The summed E-state index contributed by atoms with van der Waals surface area (Å²) >= 11 is 0. The molecule has 1 rings (SSSR count). The quantitative estimate of drug-likeness (QED) is 0.495. The molecular formula is C7H16NO+. The molecular weight excluding hydrogens is 114 g/mol. The second-order valence-electron chi connectivity index (χ2n) is 2.78. The van der Waals surface area contributed by atoms with E-state index in [2.05, 4.69) is 0 Å². The molecule has 1 fully saturated rings. The van der Waals surface area contributed by atoms with Gasteiger partial charge in [-0.15, -0.1) is 0 Å². The number of hydrogen-bond acceptors (Lipinski definition) is 1. The van der Waals surface area contributed by atoms with Crippen LogP contribution in [0.2, 0.25) is 0 Å². The third-order valence-corrected chi connectivity index (χ3v) is 2.03. The van der Waals surface area contributed by atoms with Gasteiger partial charge in [-0.3, -0.25) is 0 Å². The highest BCUT2D eigenvalue weighted by molar-refractivity contribution is 4.45. The first kappa shape index (κ1) is 7.03. The van der Waals surface area contributed by atoms with E-state index in [1.165, 1.54) is 32.4 Å². The van der Waals surface area contributed by atoms with Crippen molar-refractivity contribution in [2.45, 2.75) is 19.3 Å². The topological polar surface area (TPSA) is 24.7 Å². The second kappa shape index (κ2) is 3.85. The van der Waals surface area contributed by atoms with Gasteiger partial charge in [0.25, 0.3) is 0 Å². The molecule has 9 heavy (non-hydrogen) atoms. The van der Waals surface area contributed by atoms with Gasteiger partial charge in [0.15, 0.2) is 0 Å². The highest BCUT2D eigenvalue weighted by Gasteiger charge is 2.11. The van der Waals surface area contributed by atoms with Crippen molar-refractivity contribution in [1.82, 2.24) is 0 Å². The van der Waals surface area contributed by atoms with Gasteiger partial charge in [0, 0.05) is 0 Å². The first-order chi connectivity index (χ1) is 4.43. The van der Waals surface area contributed by atoms with Crippen molar-refractivity contribution in [3.8, 4) is 0 Å². The molecule has 0 spiro atoms. The van der Waals surface area contributed by atoms with Gasteiger partial charge in [-0.2, -0.15) is 0 Å². The molecule has 0 saturated carbocycles. The zero-order valence-corrected chi connectivity index (χ0v) is 5.90. The lowest BCUT2D eigenvalue weighted by Gasteiger charge is -2.22. The lowest BCUT2D eigenvalue weighted by atomic mass is 10.1. The number of quaternary nitrogens is 1. The van der Waals surface area contributed by atoms with E-state index in [1.54, 1.807) is 4.90 Å². The number of rotatable bonds is 2. The number of piperidine rings is 1. The van der Waals surface area contributed by atoms with Crippen LogP contribution in [0.5, 0.6) is 0 Å². The zero-order valence-electron chi connectivity index (χ0n) is 5.90. The Morgan fingerprint density at radius 3 is 2.33 bits per heavy atom. The van der Waals surface area contributed by atoms with E-state index in [9.17, 15) is 0 Å². The minimum atomic E-state index is 0.356. The SMILES string of the molecule is OCC[NH+]1CCCCC1. The van der Waals surface area contributed by atoms with Crippen molar-refractivity contribution >= 4 is 0 Å². The average molecular weight is 130 g/mol. The van der Waals surface area contributed by atoms with Crippen LogP contribution in [0, 0.1) is 0 Å². The molecule has 0 atom stereocenters. The van der Waals surface area contributed by atoms with Gasteiger partial charge in [-0.05, 0) is 19.3 Å². The van der Waals surface area contributed by atoms with Crippen molar-refractivity contribution < 1.29 is 10.0 Å². The molecule has 0 aliphatic carbocycles. The summed E-state index contributed by atoms with van der Waals surface area (Å²) in [4.78, 5) is 1.59. The lowest BCUT2D eigenvalue weighted by molar-refractivity contribution is -0.905. The van der Waals surface area contributed by atoms with Crippen molar-refractivity contribution in [2.24, 2.45) is 0 Å². The minimum absolute atomic E-state index is 0.356. The lowest BCUT2D eigenvalue weighted by Crippen LogP contribution is -3.13. The third kappa shape index (κ3) is 2.33. The van der Waals surface area contributed by atoms with E-state index >= 15 is 0 Å². The molecule has 0 aromatic carbocycles. The summed E-state index contributed by atoms with van der Waals surface area (Å²) in [5.74, 6) is 0. The number of hydrogen-bond donors (Lipinski definition) is 2. The largest absolute Gasteiger partial charge is 0.391 e. The predicted octanol–water partition coefficient (Wildman–Crippen LogP) is -0.952. The molecule has 0 aromatic rings. The molecule has 0 aromatic heterocycles. The highest BCUT2D eigenvalue weighted by Crippen LogP contribution is 1.93. The average Bonchev–Trinajstić information content (AvgIpc) is 1.91. The third-order valence-electron chi connectivity index (χ3n) is 2.03. The fraction of sp³-hybridized carbons (Fsp3) is 1.00. The van der Waals surface area contributed by atoms with Gasteiger partial charge in [0.1, 0.15) is 6.54 Å². The second-order valence-corrected chi connectivity index (χ2v) is 2.78. The maximum absolute atomic E-state index is 8.60. The van der Waals surface area contributed by atoms with Gasteiger partial charge < -0.3 is 10.0 Å². The van der Waals surface area contributed by atoms with E-state index in [4.69, 9.17) is 5.11 Å². The Bertz CT molecular complexity index is 66.6. The van der Waals surface area contributed by atoms with Crippen LogP contribution in [0.1, 0.15) is 19.3 Å². The first-order valence-electron chi connectivity index (χ1n) is 3.88. The van der Waals surface area contributed by atoms with Crippen LogP contribution in [0.15, 0.2) is 0 Å². The van der Waals surface area contributed by atoms with Gasteiger partial charge in [-0.25, -0.2) is 0 Å². The van der Waals surface area contributed by atoms with Gasteiger partial charge in [0.2, 0.25) is 0 Å². The molecule has 2 nitrogen and oxygen atoms in total. The van der Waals surface area contributed by atoms with E-state index in [0.29, 0.717) is 6.61 Å². The van der Waals surface area contributed by atoms with Gasteiger partial charge >= 0.3 is 0 Å². The van der Waals surface area contributed by atoms with E-state index in [0.717, 1.165) is 6.54 Å². The number of aliphatic hydroxyl groups excluding tert-OH is 1. The minimum Gasteiger partial charge on any atom is -0.391 e. The fourth-order valence-corrected chi connectivity index (χ4v) is 1.46. The summed E-state index contributed by atoms with van der Waals surface area (Å²) in [6.45, 7) is 3.87. The summed E-state index contributed by atoms with van der Waals surface area (Å²) in [7, 11) is 0. The molecule has 1 saturated heterocycles. The van der Waals surface area contributed by atoms with Crippen LogP contribution >= 0.6 is 0 Å². The first-order valence-corrected chi connectivity index (χ1v) is 3.88. The van der Waals surface area contributed by atoms with Crippen molar-refractivity contribution in [1.29, 1.82) is 0 Å². The van der Waals surface area contributed by atoms with Crippen molar-refractivity contribution in [3.63, 3.8) is 0 Å². The predicted molar refractivity (Wildman–Crippen MR) is 36.5 cm³/mol. The molecule has 0 bridgehead atoms. The Morgan fingerprint density at radius 1 is 1.11 bits per heavy atom.